The molecule has 0 radical (unpaired) electrons. The molecule has 1 N–H and O–H groups in total. The topological polar surface area (TPSA) is 60.9 Å². The number of amides is 2. The molecule has 0 aromatic heterocycles. The number of hydrogen-bond acceptors (Lipinski definition) is 3. The van der Waals surface area contributed by atoms with Crippen molar-refractivity contribution in [1.29, 1.82) is 0 Å². The van der Waals surface area contributed by atoms with Crippen LogP contribution in [-0.2, 0) is 9.59 Å². The lowest BCUT2D eigenvalue weighted by Gasteiger charge is -2.34. The highest BCUT2D eigenvalue weighted by Gasteiger charge is 2.28. The quantitative estimate of drug-likeness (QED) is 0.742. The van der Waals surface area contributed by atoms with Crippen molar-refractivity contribution in [3.05, 3.63) is 0 Å². The molecule has 2 bridgehead atoms. The molecule has 0 aromatic carbocycles. The summed E-state index contributed by atoms with van der Waals surface area (Å²) >= 11 is 0. The maximum atomic E-state index is 12.6. The molecular weight excluding hydrogens is 292 g/mol. The summed E-state index contributed by atoms with van der Waals surface area (Å²) in [5.74, 6) is 0.705. The molecular formula is C18H32N2O3. The third-order valence-electron chi connectivity index (χ3n) is 5.35. The molecule has 2 saturated heterocycles. The van der Waals surface area contributed by atoms with Crippen LogP contribution in [0.1, 0.15) is 58.3 Å². The van der Waals surface area contributed by atoms with Gasteiger partial charge in [0.15, 0.2) is 0 Å². The van der Waals surface area contributed by atoms with Gasteiger partial charge >= 0.3 is 0 Å². The number of nitrogens with zero attached hydrogens (tertiary/aromatic N) is 2. The van der Waals surface area contributed by atoms with E-state index >= 15 is 0 Å². The molecule has 2 aliphatic rings. The van der Waals surface area contributed by atoms with Crippen molar-refractivity contribution in [2.75, 3.05) is 26.7 Å². The van der Waals surface area contributed by atoms with Crippen LogP contribution < -0.4 is 0 Å². The van der Waals surface area contributed by atoms with Crippen LogP contribution in [0.2, 0.25) is 0 Å². The van der Waals surface area contributed by atoms with Gasteiger partial charge in [0.25, 0.3) is 0 Å². The van der Waals surface area contributed by atoms with Crippen LogP contribution in [0.25, 0.3) is 0 Å². The van der Waals surface area contributed by atoms with Gasteiger partial charge in [-0.05, 0) is 44.4 Å². The van der Waals surface area contributed by atoms with Crippen LogP contribution in [-0.4, -0.2) is 59.5 Å². The molecule has 2 heterocycles. The standard InChI is InChI=1S/C18H32N2O3/c1-14-6-3-8-16(21)9-5-10-19(2)17(22)12-15-7-4-11-20(13-15)18(14)23/h14-16,21H,3-13H2,1-2H3/t14-,15?,16+/m1/s1. The molecule has 0 saturated carbocycles. The van der Waals surface area contributed by atoms with E-state index in [0.29, 0.717) is 18.9 Å². The molecule has 0 aliphatic carbocycles. The lowest BCUT2D eigenvalue weighted by Crippen LogP contribution is -2.43. The van der Waals surface area contributed by atoms with E-state index in [-0.39, 0.29) is 23.8 Å². The predicted molar refractivity (Wildman–Crippen MR) is 89.8 cm³/mol. The molecule has 2 aliphatic heterocycles. The zero-order valence-corrected chi connectivity index (χ0v) is 14.7. The number of carbonyl (C=O) groups excluding carboxylic acids is 2. The number of aliphatic hydroxyl groups excluding tert-OH is 1. The first-order valence-electron chi connectivity index (χ1n) is 9.18. The highest BCUT2D eigenvalue weighted by molar-refractivity contribution is 5.79. The highest BCUT2D eigenvalue weighted by atomic mass is 16.3. The third-order valence-corrected chi connectivity index (χ3v) is 5.35. The van der Waals surface area contributed by atoms with Crippen molar-refractivity contribution in [3.8, 4) is 0 Å². The summed E-state index contributed by atoms with van der Waals surface area (Å²) in [7, 11) is 1.85. The molecule has 23 heavy (non-hydrogen) atoms. The Morgan fingerprint density at radius 3 is 2.48 bits per heavy atom. The van der Waals surface area contributed by atoms with Crippen molar-refractivity contribution >= 4 is 11.8 Å². The van der Waals surface area contributed by atoms with E-state index in [1.807, 2.05) is 18.9 Å². The van der Waals surface area contributed by atoms with Crippen LogP contribution in [0.15, 0.2) is 0 Å². The van der Waals surface area contributed by atoms with E-state index in [4.69, 9.17) is 0 Å². The fourth-order valence-electron chi connectivity index (χ4n) is 3.76. The fourth-order valence-corrected chi connectivity index (χ4v) is 3.76. The van der Waals surface area contributed by atoms with Gasteiger partial charge in [0.2, 0.25) is 11.8 Å². The van der Waals surface area contributed by atoms with Gasteiger partial charge in [0.05, 0.1) is 6.10 Å². The zero-order chi connectivity index (χ0) is 16.8. The Kier molecular flexibility index (Phi) is 6.88. The number of fused-ring (bicyclic) bond motifs is 2. The molecule has 3 atom stereocenters. The Labute approximate surface area is 140 Å². The predicted octanol–water partition coefficient (Wildman–Crippen LogP) is 2.03. The summed E-state index contributed by atoms with van der Waals surface area (Å²) in [6.45, 7) is 4.26. The van der Waals surface area contributed by atoms with Gasteiger partial charge in [-0.2, -0.15) is 0 Å². The van der Waals surface area contributed by atoms with Crippen LogP contribution in [0, 0.1) is 11.8 Å². The molecule has 132 valence electrons. The second kappa shape index (κ2) is 8.67. The first kappa shape index (κ1) is 18.2. The molecule has 5 nitrogen and oxygen atoms in total. The van der Waals surface area contributed by atoms with Gasteiger partial charge in [-0.1, -0.05) is 13.3 Å². The Bertz CT molecular complexity index is 413. The maximum absolute atomic E-state index is 12.6. The van der Waals surface area contributed by atoms with Crippen LogP contribution in [0.5, 0.6) is 0 Å². The molecule has 0 aromatic rings. The van der Waals surface area contributed by atoms with Crippen molar-refractivity contribution in [3.63, 3.8) is 0 Å². The SMILES string of the molecule is C[C@@H]1CCC[C@H](O)CCCN(C)C(=O)CC2CCCN(C2)C1=O. The molecule has 1 unspecified atom stereocenters. The molecule has 2 amide bonds. The maximum Gasteiger partial charge on any atom is 0.225 e. The number of piperidine rings is 1. The summed E-state index contributed by atoms with van der Waals surface area (Å²) in [6.07, 6.45) is 6.32. The van der Waals surface area contributed by atoms with Crippen LogP contribution in [0.4, 0.5) is 0 Å². The van der Waals surface area contributed by atoms with Crippen molar-refractivity contribution in [1.82, 2.24) is 9.80 Å². The molecule has 5 heteroatoms. The van der Waals surface area contributed by atoms with E-state index in [1.54, 1.807) is 4.90 Å². The smallest absolute Gasteiger partial charge is 0.225 e. The second-order valence-corrected chi connectivity index (χ2v) is 7.44. The minimum atomic E-state index is -0.314. The van der Waals surface area contributed by atoms with Gasteiger partial charge in [0, 0.05) is 39.0 Å². The summed E-state index contributed by atoms with van der Waals surface area (Å²) in [5, 5.41) is 10.0. The minimum absolute atomic E-state index is 0.0180. The average molecular weight is 324 g/mol. The van der Waals surface area contributed by atoms with Gasteiger partial charge in [-0.25, -0.2) is 0 Å². The molecule has 2 rings (SSSR count). The number of hydrogen-bond donors (Lipinski definition) is 1. The Hall–Kier alpha value is -1.10. The minimum Gasteiger partial charge on any atom is -0.393 e. The first-order chi connectivity index (χ1) is 11.0. The third kappa shape index (κ3) is 5.48. The van der Waals surface area contributed by atoms with Crippen molar-refractivity contribution < 1.29 is 14.7 Å². The Morgan fingerprint density at radius 1 is 1.00 bits per heavy atom. The highest BCUT2D eigenvalue weighted by Crippen LogP contribution is 2.24. The van der Waals surface area contributed by atoms with Crippen LogP contribution >= 0.6 is 0 Å². The number of aliphatic hydroxyl groups is 1. The van der Waals surface area contributed by atoms with Crippen molar-refractivity contribution in [2.45, 2.75) is 64.4 Å². The first-order valence-corrected chi connectivity index (χ1v) is 9.18. The zero-order valence-electron chi connectivity index (χ0n) is 14.7. The lowest BCUT2D eigenvalue weighted by atomic mass is 9.92. The summed E-state index contributed by atoms with van der Waals surface area (Å²) in [6, 6.07) is 0. The Balaban J connectivity index is 2.03. The van der Waals surface area contributed by atoms with Gasteiger partial charge in [-0.15, -0.1) is 0 Å². The largest absolute Gasteiger partial charge is 0.393 e. The van der Waals surface area contributed by atoms with E-state index in [2.05, 4.69) is 0 Å². The van der Waals surface area contributed by atoms with E-state index in [1.165, 1.54) is 0 Å². The Morgan fingerprint density at radius 2 is 1.70 bits per heavy atom. The van der Waals surface area contributed by atoms with Crippen molar-refractivity contribution in [2.24, 2.45) is 11.8 Å². The second-order valence-electron chi connectivity index (χ2n) is 7.44. The average Bonchev–Trinajstić information content (AvgIpc) is 2.53. The number of carbonyl (C=O) groups is 2. The van der Waals surface area contributed by atoms with E-state index in [0.717, 1.165) is 58.0 Å². The summed E-state index contributed by atoms with van der Waals surface area (Å²) in [4.78, 5) is 28.7. The van der Waals surface area contributed by atoms with Gasteiger partial charge < -0.3 is 14.9 Å². The number of rotatable bonds is 0. The fraction of sp³-hybridized carbons (Fsp3) is 0.889. The summed E-state index contributed by atoms with van der Waals surface area (Å²) < 4.78 is 0. The van der Waals surface area contributed by atoms with E-state index < -0.39 is 0 Å². The lowest BCUT2D eigenvalue weighted by molar-refractivity contribution is -0.139. The van der Waals surface area contributed by atoms with Crippen LogP contribution in [0.3, 0.4) is 0 Å². The van der Waals surface area contributed by atoms with Gasteiger partial charge in [0.1, 0.15) is 0 Å². The molecule has 2 fully saturated rings. The van der Waals surface area contributed by atoms with E-state index in [9.17, 15) is 14.7 Å². The monoisotopic (exact) mass is 324 g/mol. The molecule has 0 spiro atoms. The van der Waals surface area contributed by atoms with Gasteiger partial charge in [-0.3, -0.25) is 9.59 Å². The normalized spacial score (nSPS) is 32.4. The summed E-state index contributed by atoms with van der Waals surface area (Å²) in [5.41, 5.74) is 0.